The molecule has 3 atom stereocenters. The number of hydrogen-bond donors (Lipinski definition) is 1. The van der Waals surface area contributed by atoms with Gasteiger partial charge in [0.05, 0.1) is 0 Å². The molecular weight excluding hydrogens is 359 g/mol. The molecule has 27 heavy (non-hydrogen) atoms. The summed E-state index contributed by atoms with van der Waals surface area (Å²) in [5.41, 5.74) is -0.894. The van der Waals surface area contributed by atoms with Gasteiger partial charge in [-0.2, -0.15) is 4.39 Å². The van der Waals surface area contributed by atoms with Crippen molar-refractivity contribution < 1.29 is 22.8 Å². The van der Waals surface area contributed by atoms with Crippen LogP contribution in [0.3, 0.4) is 0 Å². The second kappa shape index (κ2) is 7.17. The fourth-order valence-electron chi connectivity index (χ4n) is 3.80. The average molecular weight is 379 g/mol. The van der Waals surface area contributed by atoms with Gasteiger partial charge in [-0.3, -0.25) is 9.59 Å². The van der Waals surface area contributed by atoms with Gasteiger partial charge in [-0.15, -0.1) is 0 Å². The minimum Gasteiger partial charge on any atom is -0.345 e. The third kappa shape index (κ3) is 3.74. The maximum absolute atomic E-state index is 13.3. The number of amides is 2. The Kier molecular flexibility index (Phi) is 5.08. The van der Waals surface area contributed by atoms with Crippen molar-refractivity contribution in [3.63, 3.8) is 0 Å². The molecule has 0 bridgehead atoms. The largest absolute Gasteiger partial charge is 0.345 e. The summed E-state index contributed by atoms with van der Waals surface area (Å²) in [7, 11) is 1.57. The van der Waals surface area contributed by atoms with Crippen molar-refractivity contribution in [2.45, 2.75) is 19.8 Å². The van der Waals surface area contributed by atoms with Gasteiger partial charge >= 0.3 is 0 Å². The molecule has 144 valence electrons. The number of halogens is 3. The number of anilines is 1. The quantitative estimate of drug-likeness (QED) is 0.646. The van der Waals surface area contributed by atoms with E-state index in [-0.39, 0.29) is 17.9 Å². The number of aromatic nitrogens is 1. The maximum Gasteiger partial charge on any atom is 0.263 e. The molecule has 0 saturated carbocycles. The molecule has 1 aliphatic heterocycles. The standard InChI is InChI=1S/C19H20F3N3O2/c1-19(8-4-5-11(9-19)16(21)22)12-10-25(2)18(27)15(12)17(26)24-14-7-3-6-13(20)23-14/h3-7,9,12,15-16H,8,10H2,1-2H3,(H,23,24,26)/t12-,15-,19?/m0/s1. The Labute approximate surface area is 154 Å². The predicted octanol–water partition coefficient (Wildman–Crippen LogP) is 3.02. The first-order valence-corrected chi connectivity index (χ1v) is 8.57. The van der Waals surface area contributed by atoms with E-state index in [2.05, 4.69) is 10.3 Å². The number of alkyl halides is 2. The third-order valence-corrected chi connectivity index (χ3v) is 5.23. The Morgan fingerprint density at radius 1 is 1.41 bits per heavy atom. The summed E-state index contributed by atoms with van der Waals surface area (Å²) in [6, 6.07) is 3.95. The Morgan fingerprint density at radius 3 is 2.81 bits per heavy atom. The third-order valence-electron chi connectivity index (χ3n) is 5.23. The monoisotopic (exact) mass is 379 g/mol. The molecule has 1 N–H and O–H groups in total. The van der Waals surface area contributed by atoms with E-state index in [9.17, 15) is 22.8 Å². The molecule has 1 aromatic rings. The van der Waals surface area contributed by atoms with Crippen molar-refractivity contribution in [2.24, 2.45) is 17.3 Å². The summed E-state index contributed by atoms with van der Waals surface area (Å²) >= 11 is 0. The van der Waals surface area contributed by atoms with Crippen LogP contribution < -0.4 is 5.32 Å². The van der Waals surface area contributed by atoms with E-state index >= 15 is 0 Å². The normalized spacial score (nSPS) is 27.9. The van der Waals surface area contributed by atoms with Crippen molar-refractivity contribution >= 4 is 17.6 Å². The van der Waals surface area contributed by atoms with Gasteiger partial charge in [-0.05, 0) is 24.0 Å². The Hall–Kier alpha value is -2.64. The van der Waals surface area contributed by atoms with Gasteiger partial charge in [-0.25, -0.2) is 13.8 Å². The van der Waals surface area contributed by atoms with Crippen LogP contribution in [0.5, 0.6) is 0 Å². The topological polar surface area (TPSA) is 62.3 Å². The number of nitrogens with zero attached hydrogens (tertiary/aromatic N) is 2. The van der Waals surface area contributed by atoms with Crippen LogP contribution in [-0.2, 0) is 9.59 Å². The molecule has 1 fully saturated rings. The maximum atomic E-state index is 13.3. The number of carbonyl (C=O) groups is 2. The number of hydrogen-bond acceptors (Lipinski definition) is 3. The summed E-state index contributed by atoms with van der Waals surface area (Å²) in [5, 5.41) is 2.47. The van der Waals surface area contributed by atoms with Crippen LogP contribution in [0.15, 0.2) is 42.0 Å². The lowest BCUT2D eigenvalue weighted by molar-refractivity contribution is -0.136. The fourth-order valence-corrected chi connectivity index (χ4v) is 3.80. The van der Waals surface area contributed by atoms with E-state index in [0.717, 1.165) is 6.07 Å². The molecule has 2 aliphatic rings. The van der Waals surface area contributed by atoms with Crippen molar-refractivity contribution in [1.29, 1.82) is 0 Å². The van der Waals surface area contributed by atoms with Crippen molar-refractivity contribution in [3.05, 3.63) is 47.9 Å². The van der Waals surface area contributed by atoms with Crippen molar-refractivity contribution in [1.82, 2.24) is 9.88 Å². The lowest BCUT2D eigenvalue weighted by atomic mass is 9.67. The van der Waals surface area contributed by atoms with Crippen molar-refractivity contribution in [3.8, 4) is 0 Å². The van der Waals surface area contributed by atoms with E-state index in [1.54, 1.807) is 20.0 Å². The molecule has 2 heterocycles. The van der Waals surface area contributed by atoms with Crippen LogP contribution in [0.1, 0.15) is 13.3 Å². The lowest BCUT2D eigenvalue weighted by Crippen LogP contribution is -2.39. The van der Waals surface area contributed by atoms with Gasteiger partial charge < -0.3 is 10.2 Å². The van der Waals surface area contributed by atoms with Gasteiger partial charge in [-0.1, -0.05) is 31.2 Å². The van der Waals surface area contributed by atoms with E-state index in [4.69, 9.17) is 0 Å². The first-order valence-electron chi connectivity index (χ1n) is 8.57. The molecule has 0 aromatic carbocycles. The van der Waals surface area contributed by atoms with Gasteiger partial charge in [0, 0.05) is 25.1 Å². The summed E-state index contributed by atoms with van der Waals surface area (Å²) in [6.45, 7) is 2.04. The number of likely N-dealkylation sites (tertiary alicyclic amines) is 1. The molecule has 0 spiro atoms. The van der Waals surface area contributed by atoms with Crippen molar-refractivity contribution in [2.75, 3.05) is 18.9 Å². The zero-order valence-corrected chi connectivity index (χ0v) is 15.0. The van der Waals surface area contributed by atoms with E-state index in [0.29, 0.717) is 6.42 Å². The second-order valence-electron chi connectivity index (χ2n) is 7.20. The predicted molar refractivity (Wildman–Crippen MR) is 93.4 cm³/mol. The molecule has 1 aliphatic carbocycles. The molecule has 1 unspecified atom stereocenters. The van der Waals surface area contributed by atoms with Crippen LogP contribution in [-0.4, -0.2) is 41.7 Å². The first-order chi connectivity index (χ1) is 12.7. The molecule has 8 heteroatoms. The van der Waals surface area contributed by atoms with Crippen LogP contribution in [0.25, 0.3) is 0 Å². The number of nitrogens with one attached hydrogen (secondary N) is 1. The van der Waals surface area contributed by atoms with Gasteiger partial charge in [0.15, 0.2) is 0 Å². The summed E-state index contributed by atoms with van der Waals surface area (Å²) in [6.07, 6.45) is 2.30. The molecular formula is C19H20F3N3O2. The lowest BCUT2D eigenvalue weighted by Gasteiger charge is -2.36. The number of pyridine rings is 1. The fraction of sp³-hybridized carbons (Fsp3) is 0.421. The van der Waals surface area contributed by atoms with Crippen LogP contribution in [0, 0.1) is 23.2 Å². The zero-order valence-electron chi connectivity index (χ0n) is 15.0. The van der Waals surface area contributed by atoms with E-state index < -0.39 is 41.4 Å². The van der Waals surface area contributed by atoms with Gasteiger partial charge in [0.25, 0.3) is 6.43 Å². The van der Waals surface area contributed by atoms with E-state index in [1.165, 1.54) is 29.2 Å². The number of allylic oxidation sites excluding steroid dienone is 4. The number of rotatable bonds is 4. The average Bonchev–Trinajstić information content (AvgIpc) is 2.91. The Bertz CT molecular complexity index is 824. The first kappa shape index (κ1) is 19.1. The van der Waals surface area contributed by atoms with Gasteiger partial charge in [0.2, 0.25) is 17.8 Å². The molecule has 1 aromatic heterocycles. The summed E-state index contributed by atoms with van der Waals surface area (Å²) < 4.78 is 39.6. The second-order valence-corrected chi connectivity index (χ2v) is 7.20. The molecule has 0 radical (unpaired) electrons. The molecule has 3 rings (SSSR count). The highest BCUT2D eigenvalue weighted by Gasteiger charge is 2.51. The van der Waals surface area contributed by atoms with Crippen LogP contribution >= 0.6 is 0 Å². The summed E-state index contributed by atoms with van der Waals surface area (Å²) in [5.74, 6) is -3.33. The highest BCUT2D eigenvalue weighted by atomic mass is 19.3. The van der Waals surface area contributed by atoms with E-state index in [1.807, 2.05) is 0 Å². The smallest absolute Gasteiger partial charge is 0.263 e. The van der Waals surface area contributed by atoms with Crippen LogP contribution in [0.2, 0.25) is 0 Å². The zero-order chi connectivity index (χ0) is 19.8. The highest BCUT2D eigenvalue weighted by molar-refractivity contribution is 6.07. The Morgan fingerprint density at radius 2 is 2.15 bits per heavy atom. The molecule has 1 saturated heterocycles. The molecule has 2 amide bonds. The minimum atomic E-state index is -2.63. The number of carbonyl (C=O) groups excluding carboxylic acids is 2. The highest BCUT2D eigenvalue weighted by Crippen LogP contribution is 2.45. The Balaban J connectivity index is 1.89. The summed E-state index contributed by atoms with van der Waals surface area (Å²) in [4.78, 5) is 30.4. The van der Waals surface area contributed by atoms with Gasteiger partial charge in [0.1, 0.15) is 11.7 Å². The SMILES string of the molecule is CN1C[C@H](C2(C)C=C(C(F)F)C=CC2)[C@@H](C(=O)Nc2cccc(F)n2)C1=O. The van der Waals surface area contributed by atoms with Crippen LogP contribution in [0.4, 0.5) is 19.0 Å². The minimum absolute atomic E-state index is 0.00129. The molecule has 5 nitrogen and oxygen atoms in total.